The van der Waals surface area contributed by atoms with Crippen molar-refractivity contribution >= 4 is 6.03 Å². The molecule has 0 heterocycles. The van der Waals surface area contributed by atoms with Crippen LogP contribution in [-0.4, -0.2) is 35.9 Å². The molecule has 1 aromatic rings. The largest absolute Gasteiger partial charge is 0.489 e. The van der Waals surface area contributed by atoms with Gasteiger partial charge < -0.3 is 20.5 Å². The van der Waals surface area contributed by atoms with E-state index in [1.54, 1.807) is 6.92 Å². The molecule has 5 nitrogen and oxygen atoms in total. The lowest BCUT2D eigenvalue weighted by Gasteiger charge is -2.25. The van der Waals surface area contributed by atoms with Crippen molar-refractivity contribution in [2.75, 3.05) is 13.1 Å². The minimum absolute atomic E-state index is 0.207. The second-order valence-electron chi connectivity index (χ2n) is 5.38. The number of hydrogen-bond acceptors (Lipinski definition) is 3. The van der Waals surface area contributed by atoms with Crippen LogP contribution in [0, 0.1) is 5.82 Å². The summed E-state index contributed by atoms with van der Waals surface area (Å²) in [4.78, 5) is 11.7. The highest BCUT2D eigenvalue weighted by Gasteiger charge is 2.22. The number of ether oxygens (including phenoxy) is 1. The highest BCUT2D eigenvalue weighted by atomic mass is 19.1. The summed E-state index contributed by atoms with van der Waals surface area (Å²) in [7, 11) is 0. The zero-order valence-corrected chi connectivity index (χ0v) is 13.4. The second kappa shape index (κ2) is 8.58. The summed E-state index contributed by atoms with van der Waals surface area (Å²) in [5, 5.41) is 15.4. The maximum atomic E-state index is 12.8. The number of amides is 2. The average Bonchev–Trinajstić information content (AvgIpc) is 2.53. The molecule has 0 aliphatic heterocycles. The van der Waals surface area contributed by atoms with E-state index in [4.69, 9.17) is 4.74 Å². The average molecular weight is 312 g/mol. The predicted octanol–water partition coefficient (Wildman–Crippen LogP) is 2.44. The summed E-state index contributed by atoms with van der Waals surface area (Å²) in [6.07, 6.45) is 0.897. The highest BCUT2D eigenvalue weighted by molar-refractivity contribution is 5.73. The maximum absolute atomic E-state index is 12.8. The van der Waals surface area contributed by atoms with Gasteiger partial charge >= 0.3 is 6.03 Å². The first kappa shape index (κ1) is 18.2. The molecular formula is C16H25FN2O3. The summed E-state index contributed by atoms with van der Waals surface area (Å²) in [6.45, 7) is 6.07. The fourth-order valence-electron chi connectivity index (χ4n) is 1.83. The van der Waals surface area contributed by atoms with Crippen molar-refractivity contribution in [1.82, 2.24) is 10.6 Å². The third-order valence-electron chi connectivity index (χ3n) is 3.60. The molecule has 0 radical (unpaired) electrons. The van der Waals surface area contributed by atoms with Crippen molar-refractivity contribution in [3.8, 4) is 5.75 Å². The molecule has 1 aromatic carbocycles. The van der Waals surface area contributed by atoms with E-state index in [-0.39, 0.29) is 24.5 Å². The molecule has 1 unspecified atom stereocenters. The first-order chi connectivity index (χ1) is 10.4. The van der Waals surface area contributed by atoms with Crippen LogP contribution in [0.1, 0.15) is 33.6 Å². The van der Waals surface area contributed by atoms with E-state index in [1.807, 2.05) is 13.8 Å². The molecule has 2 amide bonds. The molecule has 0 saturated carbocycles. The third kappa shape index (κ3) is 6.30. The van der Waals surface area contributed by atoms with Crippen molar-refractivity contribution in [2.45, 2.75) is 45.3 Å². The molecule has 0 bridgehead atoms. The van der Waals surface area contributed by atoms with Crippen molar-refractivity contribution < 1.29 is 19.0 Å². The molecular weight excluding hydrogens is 287 g/mol. The molecule has 22 heavy (non-hydrogen) atoms. The molecule has 0 saturated heterocycles. The van der Waals surface area contributed by atoms with Crippen LogP contribution in [0.4, 0.5) is 9.18 Å². The Kier molecular flexibility index (Phi) is 7.11. The van der Waals surface area contributed by atoms with Crippen LogP contribution < -0.4 is 15.4 Å². The SMILES string of the molecule is CCC(O)(CC)CNC(=O)NCC(C)Oc1ccc(F)cc1. The smallest absolute Gasteiger partial charge is 0.315 e. The zero-order chi connectivity index (χ0) is 16.6. The molecule has 0 aliphatic rings. The Hall–Kier alpha value is -1.82. The summed E-state index contributed by atoms with van der Waals surface area (Å²) in [5.41, 5.74) is -0.867. The van der Waals surface area contributed by atoms with Gasteiger partial charge in [-0.1, -0.05) is 13.8 Å². The third-order valence-corrected chi connectivity index (χ3v) is 3.60. The van der Waals surface area contributed by atoms with Gasteiger partial charge in [0, 0.05) is 6.54 Å². The summed E-state index contributed by atoms with van der Waals surface area (Å²) in [6, 6.07) is 5.36. The van der Waals surface area contributed by atoms with Crippen LogP contribution in [-0.2, 0) is 0 Å². The number of nitrogens with one attached hydrogen (secondary N) is 2. The van der Waals surface area contributed by atoms with E-state index in [1.165, 1.54) is 24.3 Å². The van der Waals surface area contributed by atoms with Gasteiger partial charge in [-0.25, -0.2) is 9.18 Å². The minimum Gasteiger partial charge on any atom is -0.489 e. The van der Waals surface area contributed by atoms with Crippen molar-refractivity contribution in [3.63, 3.8) is 0 Å². The van der Waals surface area contributed by atoms with E-state index in [0.717, 1.165) is 0 Å². The molecule has 0 aromatic heterocycles. The normalized spacial score (nSPS) is 12.6. The number of carbonyl (C=O) groups is 1. The van der Waals surface area contributed by atoms with Crippen LogP contribution >= 0.6 is 0 Å². The van der Waals surface area contributed by atoms with Gasteiger partial charge in [-0.2, -0.15) is 0 Å². The van der Waals surface area contributed by atoms with Gasteiger partial charge in [-0.05, 0) is 44.0 Å². The quantitative estimate of drug-likeness (QED) is 0.690. The first-order valence-electron chi connectivity index (χ1n) is 7.55. The number of halogens is 1. The van der Waals surface area contributed by atoms with Crippen molar-refractivity contribution in [2.24, 2.45) is 0 Å². The zero-order valence-electron chi connectivity index (χ0n) is 13.4. The molecule has 1 atom stereocenters. The van der Waals surface area contributed by atoms with Gasteiger partial charge in [0.15, 0.2) is 0 Å². The first-order valence-corrected chi connectivity index (χ1v) is 7.55. The van der Waals surface area contributed by atoms with E-state index < -0.39 is 5.60 Å². The molecule has 6 heteroatoms. The second-order valence-corrected chi connectivity index (χ2v) is 5.38. The molecule has 124 valence electrons. The van der Waals surface area contributed by atoms with Gasteiger partial charge in [0.25, 0.3) is 0 Å². The molecule has 3 N–H and O–H groups in total. The number of carbonyl (C=O) groups excluding carboxylic acids is 1. The van der Waals surface area contributed by atoms with Crippen molar-refractivity contribution in [3.05, 3.63) is 30.1 Å². The number of hydrogen-bond donors (Lipinski definition) is 3. The Balaban J connectivity index is 2.30. The monoisotopic (exact) mass is 312 g/mol. The Bertz CT molecular complexity index is 461. The van der Waals surface area contributed by atoms with Crippen LogP contribution in [0.25, 0.3) is 0 Å². The summed E-state index contributed by atoms with van der Waals surface area (Å²) >= 11 is 0. The molecule has 0 spiro atoms. The number of rotatable bonds is 8. The Morgan fingerprint density at radius 2 is 1.86 bits per heavy atom. The van der Waals surface area contributed by atoms with Gasteiger partial charge in [-0.15, -0.1) is 0 Å². The number of benzene rings is 1. The lowest BCUT2D eigenvalue weighted by molar-refractivity contribution is 0.0349. The summed E-state index contributed by atoms with van der Waals surface area (Å²) in [5.74, 6) is 0.222. The molecule has 0 fully saturated rings. The minimum atomic E-state index is -0.867. The van der Waals surface area contributed by atoms with E-state index in [2.05, 4.69) is 10.6 Å². The van der Waals surface area contributed by atoms with Crippen LogP contribution in [0.5, 0.6) is 5.75 Å². The highest BCUT2D eigenvalue weighted by Crippen LogP contribution is 2.13. The van der Waals surface area contributed by atoms with Crippen LogP contribution in [0.2, 0.25) is 0 Å². The topological polar surface area (TPSA) is 70.6 Å². The Morgan fingerprint density at radius 3 is 2.41 bits per heavy atom. The number of aliphatic hydroxyl groups is 1. The maximum Gasteiger partial charge on any atom is 0.315 e. The van der Waals surface area contributed by atoms with E-state index in [0.29, 0.717) is 25.1 Å². The summed E-state index contributed by atoms with van der Waals surface area (Å²) < 4.78 is 18.3. The molecule has 1 rings (SSSR count). The lowest BCUT2D eigenvalue weighted by Crippen LogP contribution is -2.47. The fourth-order valence-corrected chi connectivity index (χ4v) is 1.83. The fraction of sp³-hybridized carbons (Fsp3) is 0.562. The van der Waals surface area contributed by atoms with E-state index in [9.17, 15) is 14.3 Å². The number of urea groups is 1. The van der Waals surface area contributed by atoms with Gasteiger partial charge in [0.2, 0.25) is 0 Å². The van der Waals surface area contributed by atoms with Gasteiger partial charge in [0.05, 0.1) is 12.1 Å². The van der Waals surface area contributed by atoms with Crippen LogP contribution in [0.15, 0.2) is 24.3 Å². The lowest BCUT2D eigenvalue weighted by atomic mass is 9.98. The molecule has 0 aliphatic carbocycles. The van der Waals surface area contributed by atoms with E-state index >= 15 is 0 Å². The van der Waals surface area contributed by atoms with Crippen molar-refractivity contribution in [1.29, 1.82) is 0 Å². The van der Waals surface area contributed by atoms with Gasteiger partial charge in [-0.3, -0.25) is 0 Å². The Morgan fingerprint density at radius 1 is 1.27 bits per heavy atom. The van der Waals surface area contributed by atoms with Gasteiger partial charge in [0.1, 0.15) is 17.7 Å². The standard InChI is InChI=1S/C16H25FN2O3/c1-4-16(21,5-2)11-19-15(20)18-10-12(3)22-14-8-6-13(17)7-9-14/h6-9,12,21H,4-5,10-11H2,1-3H3,(H2,18,19,20). The predicted molar refractivity (Wildman–Crippen MR) is 83.4 cm³/mol. The Labute approximate surface area is 130 Å². The van der Waals surface area contributed by atoms with Crippen LogP contribution in [0.3, 0.4) is 0 Å².